The van der Waals surface area contributed by atoms with Crippen molar-refractivity contribution in [2.24, 2.45) is 0 Å². The Kier molecular flexibility index (Phi) is 2.33. The van der Waals surface area contributed by atoms with Gasteiger partial charge in [-0.25, -0.2) is 4.39 Å². The number of likely N-dealkylation sites (N-methyl/N-ethyl adjacent to an activating group) is 1. The van der Waals surface area contributed by atoms with E-state index in [9.17, 15) is 4.39 Å². The van der Waals surface area contributed by atoms with Gasteiger partial charge >= 0.3 is 0 Å². The highest BCUT2D eigenvalue weighted by Crippen LogP contribution is 2.26. The van der Waals surface area contributed by atoms with Crippen LogP contribution in [-0.2, 0) is 0 Å². The average Bonchev–Trinajstić information content (AvgIpc) is 2.78. The molecule has 2 atom stereocenters. The van der Waals surface area contributed by atoms with Crippen LogP contribution in [0.1, 0.15) is 19.3 Å². The number of hydrogen-bond donors (Lipinski definition) is 1. The molecule has 0 aromatic rings. The third kappa shape index (κ3) is 1.96. The highest BCUT2D eigenvalue weighted by atomic mass is 19.1. The van der Waals surface area contributed by atoms with Crippen molar-refractivity contribution in [3.63, 3.8) is 0 Å². The van der Waals surface area contributed by atoms with Crippen molar-refractivity contribution >= 4 is 0 Å². The van der Waals surface area contributed by atoms with E-state index in [0.29, 0.717) is 19.0 Å². The minimum atomic E-state index is -0.609. The van der Waals surface area contributed by atoms with E-state index in [1.54, 1.807) is 0 Å². The van der Waals surface area contributed by atoms with Crippen molar-refractivity contribution < 1.29 is 4.39 Å². The van der Waals surface area contributed by atoms with Gasteiger partial charge in [-0.1, -0.05) is 0 Å². The Morgan fingerprint density at radius 2 is 2.25 bits per heavy atom. The van der Waals surface area contributed by atoms with E-state index in [2.05, 4.69) is 17.3 Å². The summed E-state index contributed by atoms with van der Waals surface area (Å²) in [5.74, 6) is 0. The minimum absolute atomic E-state index is 0.394. The predicted molar refractivity (Wildman–Crippen MR) is 47.0 cm³/mol. The molecule has 2 rings (SSSR count). The molecule has 2 nitrogen and oxygen atoms in total. The number of rotatable bonds is 3. The Hall–Kier alpha value is -0.150. The molecule has 2 aliphatic rings. The van der Waals surface area contributed by atoms with Gasteiger partial charge in [0.15, 0.2) is 0 Å². The lowest BCUT2D eigenvalue weighted by atomic mass is 10.2. The quantitative estimate of drug-likeness (QED) is 0.677. The van der Waals surface area contributed by atoms with Gasteiger partial charge in [0.25, 0.3) is 0 Å². The first-order valence-electron chi connectivity index (χ1n) is 4.83. The highest BCUT2D eigenvalue weighted by molar-refractivity contribution is 4.88. The van der Waals surface area contributed by atoms with Crippen LogP contribution in [-0.4, -0.2) is 43.3 Å². The fourth-order valence-electron chi connectivity index (χ4n) is 1.92. The zero-order valence-corrected chi connectivity index (χ0v) is 7.59. The SMILES string of the molecule is CN(CC1CC(F)CN1)C1CC1. The van der Waals surface area contributed by atoms with Gasteiger partial charge in [0, 0.05) is 25.2 Å². The number of alkyl halides is 1. The Balaban J connectivity index is 1.71. The van der Waals surface area contributed by atoms with Crippen molar-refractivity contribution in [2.45, 2.75) is 37.5 Å². The summed E-state index contributed by atoms with van der Waals surface area (Å²) in [5, 5.41) is 3.20. The zero-order valence-electron chi connectivity index (χ0n) is 7.59. The molecule has 1 aliphatic heterocycles. The standard InChI is InChI=1S/C9H17FN2/c1-12(9-2-3-9)6-8-4-7(10)5-11-8/h7-9,11H,2-6H2,1H3. The van der Waals surface area contributed by atoms with E-state index in [1.165, 1.54) is 12.8 Å². The van der Waals surface area contributed by atoms with E-state index in [1.807, 2.05) is 0 Å². The summed E-state index contributed by atoms with van der Waals surface area (Å²) in [7, 11) is 2.14. The zero-order chi connectivity index (χ0) is 8.55. The van der Waals surface area contributed by atoms with Crippen LogP contribution in [0.2, 0.25) is 0 Å². The molecule has 0 amide bonds. The summed E-state index contributed by atoms with van der Waals surface area (Å²) < 4.78 is 12.8. The predicted octanol–water partition coefficient (Wildman–Crippen LogP) is 0.781. The second-order valence-electron chi connectivity index (χ2n) is 4.11. The third-order valence-electron chi connectivity index (χ3n) is 2.85. The first kappa shape index (κ1) is 8.45. The molecule has 2 unspecified atom stereocenters. The normalized spacial score (nSPS) is 36.2. The Morgan fingerprint density at radius 3 is 2.75 bits per heavy atom. The maximum absolute atomic E-state index is 12.8. The average molecular weight is 172 g/mol. The van der Waals surface area contributed by atoms with Gasteiger partial charge < -0.3 is 10.2 Å². The van der Waals surface area contributed by atoms with Crippen LogP contribution in [0.5, 0.6) is 0 Å². The molecule has 0 aromatic carbocycles. The van der Waals surface area contributed by atoms with Crippen LogP contribution in [0.25, 0.3) is 0 Å². The summed E-state index contributed by atoms with van der Waals surface area (Å²) >= 11 is 0. The van der Waals surface area contributed by atoms with E-state index in [-0.39, 0.29) is 0 Å². The molecular weight excluding hydrogens is 155 g/mol. The first-order valence-corrected chi connectivity index (χ1v) is 4.83. The van der Waals surface area contributed by atoms with Crippen molar-refractivity contribution in [3.05, 3.63) is 0 Å². The lowest BCUT2D eigenvalue weighted by molar-refractivity contribution is 0.282. The number of halogens is 1. The minimum Gasteiger partial charge on any atom is -0.310 e. The largest absolute Gasteiger partial charge is 0.310 e. The molecule has 2 fully saturated rings. The molecule has 70 valence electrons. The molecule has 12 heavy (non-hydrogen) atoms. The summed E-state index contributed by atoms with van der Waals surface area (Å²) in [6, 6.07) is 1.19. The molecule has 0 aromatic heterocycles. The van der Waals surface area contributed by atoms with Crippen LogP contribution >= 0.6 is 0 Å². The fraction of sp³-hybridized carbons (Fsp3) is 1.00. The van der Waals surface area contributed by atoms with Gasteiger partial charge in [0.05, 0.1) is 0 Å². The van der Waals surface area contributed by atoms with E-state index in [0.717, 1.165) is 12.6 Å². The van der Waals surface area contributed by atoms with Crippen LogP contribution in [0.3, 0.4) is 0 Å². The molecular formula is C9H17FN2. The van der Waals surface area contributed by atoms with Crippen molar-refractivity contribution in [2.75, 3.05) is 20.1 Å². The monoisotopic (exact) mass is 172 g/mol. The highest BCUT2D eigenvalue weighted by Gasteiger charge is 2.30. The lowest BCUT2D eigenvalue weighted by Gasteiger charge is -2.20. The van der Waals surface area contributed by atoms with Crippen LogP contribution in [0.4, 0.5) is 4.39 Å². The van der Waals surface area contributed by atoms with E-state index >= 15 is 0 Å². The van der Waals surface area contributed by atoms with Crippen molar-refractivity contribution in [1.82, 2.24) is 10.2 Å². The Morgan fingerprint density at radius 1 is 1.50 bits per heavy atom. The van der Waals surface area contributed by atoms with E-state index in [4.69, 9.17) is 0 Å². The van der Waals surface area contributed by atoms with Gasteiger partial charge in [-0.05, 0) is 26.3 Å². The van der Waals surface area contributed by atoms with Crippen LogP contribution in [0, 0.1) is 0 Å². The summed E-state index contributed by atoms with van der Waals surface area (Å²) in [6.45, 7) is 1.58. The summed E-state index contributed by atoms with van der Waals surface area (Å²) in [5.41, 5.74) is 0. The topological polar surface area (TPSA) is 15.3 Å². The molecule has 3 heteroatoms. The van der Waals surface area contributed by atoms with Gasteiger partial charge in [0.1, 0.15) is 6.17 Å². The van der Waals surface area contributed by atoms with Gasteiger partial charge in [0.2, 0.25) is 0 Å². The fourth-order valence-corrected chi connectivity index (χ4v) is 1.92. The lowest BCUT2D eigenvalue weighted by Crippen LogP contribution is -2.36. The van der Waals surface area contributed by atoms with Crippen LogP contribution < -0.4 is 5.32 Å². The first-order chi connectivity index (χ1) is 5.75. The molecule has 0 radical (unpaired) electrons. The second-order valence-corrected chi connectivity index (χ2v) is 4.11. The molecule has 1 heterocycles. The van der Waals surface area contributed by atoms with E-state index < -0.39 is 6.17 Å². The molecule has 1 saturated heterocycles. The molecule has 1 saturated carbocycles. The molecule has 1 aliphatic carbocycles. The van der Waals surface area contributed by atoms with Gasteiger partial charge in [-0.2, -0.15) is 0 Å². The number of hydrogen-bond acceptors (Lipinski definition) is 2. The summed E-state index contributed by atoms with van der Waals surface area (Å²) in [4.78, 5) is 2.36. The number of nitrogens with one attached hydrogen (secondary N) is 1. The van der Waals surface area contributed by atoms with Crippen molar-refractivity contribution in [3.8, 4) is 0 Å². The molecule has 0 bridgehead atoms. The molecule has 0 spiro atoms. The maximum atomic E-state index is 12.8. The Bertz CT molecular complexity index is 159. The summed E-state index contributed by atoms with van der Waals surface area (Å²) in [6.07, 6.45) is 2.77. The van der Waals surface area contributed by atoms with Gasteiger partial charge in [-0.15, -0.1) is 0 Å². The van der Waals surface area contributed by atoms with Crippen molar-refractivity contribution in [1.29, 1.82) is 0 Å². The second kappa shape index (κ2) is 3.30. The molecule has 1 N–H and O–H groups in total. The van der Waals surface area contributed by atoms with Crippen LogP contribution in [0.15, 0.2) is 0 Å². The maximum Gasteiger partial charge on any atom is 0.114 e. The number of nitrogens with zero attached hydrogens (tertiary/aromatic N) is 1. The third-order valence-corrected chi connectivity index (χ3v) is 2.85. The smallest absolute Gasteiger partial charge is 0.114 e. The Labute approximate surface area is 73.1 Å². The van der Waals surface area contributed by atoms with Gasteiger partial charge in [-0.3, -0.25) is 0 Å².